The molecular weight excluding hydrogens is 382 g/mol. The van der Waals surface area contributed by atoms with Crippen molar-refractivity contribution in [2.24, 2.45) is 0 Å². The largest absolute Gasteiger partial charge is 0.347 e. The van der Waals surface area contributed by atoms with Gasteiger partial charge in [-0.15, -0.1) is 0 Å². The highest BCUT2D eigenvalue weighted by molar-refractivity contribution is 9.10. The molecule has 124 valence electrons. The van der Waals surface area contributed by atoms with Crippen molar-refractivity contribution in [2.75, 3.05) is 11.9 Å². The zero-order valence-electron chi connectivity index (χ0n) is 13.4. The van der Waals surface area contributed by atoms with E-state index in [0.717, 1.165) is 10.0 Å². The fourth-order valence-electron chi connectivity index (χ4n) is 2.72. The third kappa shape index (κ3) is 3.19. The van der Waals surface area contributed by atoms with E-state index < -0.39 is 5.91 Å². The van der Waals surface area contributed by atoms with Crippen molar-refractivity contribution in [2.45, 2.75) is 6.54 Å². The summed E-state index contributed by atoms with van der Waals surface area (Å²) in [5.41, 5.74) is 2.12. The highest BCUT2D eigenvalue weighted by Gasteiger charge is 2.34. The van der Waals surface area contributed by atoms with Gasteiger partial charge in [-0.25, -0.2) is 0 Å². The summed E-state index contributed by atoms with van der Waals surface area (Å²) in [6.07, 6.45) is 0. The van der Waals surface area contributed by atoms with Crippen molar-refractivity contribution in [3.05, 3.63) is 69.7 Å². The number of hydrogen-bond donors (Lipinski definition) is 1. The number of rotatable bonds is 3. The van der Waals surface area contributed by atoms with E-state index in [4.69, 9.17) is 0 Å². The summed E-state index contributed by atoms with van der Waals surface area (Å²) in [5.74, 6) is -0.921. The summed E-state index contributed by atoms with van der Waals surface area (Å²) < 4.78 is 0.772. The average Bonchev–Trinajstić information content (AvgIpc) is 2.86. The molecule has 1 aliphatic rings. The second kappa shape index (κ2) is 6.91. The number of hydrogen-bond acceptors (Lipinski definition) is 3. The number of anilines is 1. The molecule has 2 amide bonds. The molecule has 0 aromatic heterocycles. The Labute approximate surface area is 153 Å². The molecule has 0 bridgehead atoms. The van der Waals surface area contributed by atoms with E-state index in [-0.39, 0.29) is 23.6 Å². The molecular formula is C19H14BrN3O2. The summed E-state index contributed by atoms with van der Waals surface area (Å²) in [5, 5.41) is 12.2. The van der Waals surface area contributed by atoms with Gasteiger partial charge in [-0.2, -0.15) is 5.26 Å². The molecule has 1 heterocycles. The van der Waals surface area contributed by atoms with E-state index in [2.05, 4.69) is 21.2 Å². The molecule has 0 aliphatic carbocycles. The van der Waals surface area contributed by atoms with Crippen LogP contribution in [0, 0.1) is 11.3 Å². The Kier molecular flexibility index (Phi) is 4.68. The molecule has 3 rings (SSSR count). The Balaban J connectivity index is 1.96. The number of fused-ring (bicyclic) bond motifs is 1. The van der Waals surface area contributed by atoms with Gasteiger partial charge in [0.1, 0.15) is 11.6 Å². The van der Waals surface area contributed by atoms with Crippen LogP contribution in [0.15, 0.2) is 58.6 Å². The van der Waals surface area contributed by atoms with Crippen LogP contribution in [0.3, 0.4) is 0 Å². The molecule has 1 N–H and O–H groups in total. The second-order valence-corrected chi connectivity index (χ2v) is 6.47. The number of nitrogens with one attached hydrogen (secondary N) is 1. The van der Waals surface area contributed by atoms with Crippen molar-refractivity contribution in [1.82, 2.24) is 5.32 Å². The van der Waals surface area contributed by atoms with E-state index >= 15 is 0 Å². The van der Waals surface area contributed by atoms with E-state index in [1.54, 1.807) is 19.2 Å². The molecule has 0 fully saturated rings. The predicted molar refractivity (Wildman–Crippen MR) is 98.4 cm³/mol. The Morgan fingerprint density at radius 1 is 1.24 bits per heavy atom. The van der Waals surface area contributed by atoms with E-state index in [1.165, 1.54) is 4.90 Å². The Morgan fingerprint density at radius 2 is 1.96 bits per heavy atom. The van der Waals surface area contributed by atoms with Crippen molar-refractivity contribution in [3.63, 3.8) is 0 Å². The zero-order valence-corrected chi connectivity index (χ0v) is 15.0. The summed E-state index contributed by atoms with van der Waals surface area (Å²) >= 11 is 3.37. The van der Waals surface area contributed by atoms with Gasteiger partial charge in [0, 0.05) is 23.6 Å². The number of carbonyl (C=O) groups is 2. The van der Waals surface area contributed by atoms with Gasteiger partial charge in [-0.3, -0.25) is 9.59 Å². The lowest BCUT2D eigenvalue weighted by Crippen LogP contribution is -2.27. The molecule has 0 atom stereocenters. The molecule has 1 aliphatic heterocycles. The molecule has 6 heteroatoms. The van der Waals surface area contributed by atoms with Crippen LogP contribution in [-0.4, -0.2) is 18.9 Å². The minimum Gasteiger partial charge on any atom is -0.347 e. The minimum absolute atomic E-state index is 0.131. The van der Waals surface area contributed by atoms with Crippen LogP contribution in [0.2, 0.25) is 0 Å². The summed E-state index contributed by atoms with van der Waals surface area (Å²) in [4.78, 5) is 26.5. The maximum Gasteiger partial charge on any atom is 0.263 e. The topological polar surface area (TPSA) is 73.2 Å². The standard InChI is InChI=1S/C19H14BrN3O2/c1-23-16-8-7-13(20)9-14(16)17(19(23)25)15(10-21)18(24)22-11-12-5-3-2-4-6-12/h2-9H,11H2,1H3,(H,22,24)/b17-15-. The quantitative estimate of drug-likeness (QED) is 0.641. The van der Waals surface area contributed by atoms with Gasteiger partial charge in [0.25, 0.3) is 11.8 Å². The third-order valence-corrected chi connectivity index (χ3v) is 4.49. The van der Waals surface area contributed by atoms with Crippen LogP contribution in [-0.2, 0) is 16.1 Å². The number of likely N-dealkylation sites (N-methyl/N-ethyl adjacent to an activating group) is 1. The third-order valence-electron chi connectivity index (χ3n) is 3.99. The van der Waals surface area contributed by atoms with E-state index in [1.807, 2.05) is 42.5 Å². The van der Waals surface area contributed by atoms with Crippen LogP contribution in [0.5, 0.6) is 0 Å². The predicted octanol–water partition coefficient (Wildman–Crippen LogP) is 3.02. The van der Waals surface area contributed by atoms with Crippen molar-refractivity contribution in [1.29, 1.82) is 5.26 Å². The molecule has 25 heavy (non-hydrogen) atoms. The molecule has 0 saturated carbocycles. The lowest BCUT2D eigenvalue weighted by Gasteiger charge is -2.08. The number of carbonyl (C=O) groups excluding carboxylic acids is 2. The second-order valence-electron chi connectivity index (χ2n) is 5.56. The number of halogens is 1. The van der Waals surface area contributed by atoms with Crippen LogP contribution < -0.4 is 10.2 Å². The van der Waals surface area contributed by atoms with Crippen LogP contribution in [0.1, 0.15) is 11.1 Å². The average molecular weight is 396 g/mol. The van der Waals surface area contributed by atoms with Gasteiger partial charge >= 0.3 is 0 Å². The summed E-state index contributed by atoms with van der Waals surface area (Å²) in [6, 6.07) is 16.6. The molecule has 0 saturated heterocycles. The van der Waals surface area contributed by atoms with Crippen molar-refractivity contribution < 1.29 is 9.59 Å². The van der Waals surface area contributed by atoms with Crippen molar-refractivity contribution >= 4 is 39.0 Å². The van der Waals surface area contributed by atoms with Gasteiger partial charge in [0.15, 0.2) is 0 Å². The fraction of sp³-hybridized carbons (Fsp3) is 0.105. The monoisotopic (exact) mass is 395 g/mol. The first-order valence-corrected chi connectivity index (χ1v) is 8.36. The van der Waals surface area contributed by atoms with Gasteiger partial charge < -0.3 is 10.2 Å². The summed E-state index contributed by atoms with van der Waals surface area (Å²) in [7, 11) is 1.62. The van der Waals surface area contributed by atoms with Crippen LogP contribution in [0.25, 0.3) is 5.57 Å². The number of benzene rings is 2. The first kappa shape index (κ1) is 16.9. The Hall–Kier alpha value is -2.91. The molecule has 2 aromatic carbocycles. The van der Waals surface area contributed by atoms with Gasteiger partial charge in [-0.1, -0.05) is 46.3 Å². The molecule has 0 radical (unpaired) electrons. The highest BCUT2D eigenvalue weighted by atomic mass is 79.9. The summed E-state index contributed by atoms with van der Waals surface area (Å²) in [6.45, 7) is 0.285. The lowest BCUT2D eigenvalue weighted by molar-refractivity contribution is -0.118. The maximum absolute atomic E-state index is 12.6. The molecule has 5 nitrogen and oxygen atoms in total. The Morgan fingerprint density at radius 3 is 2.64 bits per heavy atom. The minimum atomic E-state index is -0.559. The Bertz CT molecular complexity index is 929. The maximum atomic E-state index is 12.6. The number of amides is 2. The number of nitrogens with zero attached hydrogens (tertiary/aromatic N) is 2. The first-order chi connectivity index (χ1) is 12.0. The van der Waals surface area contributed by atoms with Gasteiger partial charge in [0.05, 0.1) is 11.3 Å². The lowest BCUT2D eigenvalue weighted by atomic mass is 10.0. The normalized spacial score (nSPS) is 14.8. The first-order valence-electron chi connectivity index (χ1n) is 7.57. The number of nitriles is 1. The van der Waals surface area contributed by atoms with E-state index in [0.29, 0.717) is 11.3 Å². The zero-order chi connectivity index (χ0) is 18.0. The fourth-order valence-corrected chi connectivity index (χ4v) is 3.08. The van der Waals surface area contributed by atoms with Crippen molar-refractivity contribution in [3.8, 4) is 6.07 Å². The van der Waals surface area contributed by atoms with Crippen LogP contribution >= 0.6 is 15.9 Å². The smallest absolute Gasteiger partial charge is 0.263 e. The SMILES string of the molecule is CN1C(=O)/C(=C(/C#N)C(=O)NCc2ccccc2)c2cc(Br)ccc21. The van der Waals surface area contributed by atoms with Gasteiger partial charge in [0.2, 0.25) is 0 Å². The highest BCUT2D eigenvalue weighted by Crippen LogP contribution is 2.39. The van der Waals surface area contributed by atoms with E-state index in [9.17, 15) is 14.9 Å². The molecule has 0 spiro atoms. The molecule has 2 aromatic rings. The molecule has 0 unspecified atom stereocenters. The van der Waals surface area contributed by atoms with Crippen LogP contribution in [0.4, 0.5) is 5.69 Å². The van der Waals surface area contributed by atoms with Gasteiger partial charge in [-0.05, 0) is 23.8 Å².